The molecule has 0 amide bonds. The number of nitrogens with zero attached hydrogens (tertiary/aromatic N) is 3. The number of aliphatic imine (C=N–C) groups is 1. The van der Waals surface area contributed by atoms with Gasteiger partial charge < -0.3 is 4.57 Å². The second kappa shape index (κ2) is 11.1. The Bertz CT molecular complexity index is 2940. The minimum absolute atomic E-state index is 0.295. The van der Waals surface area contributed by atoms with Crippen LogP contribution in [0.25, 0.3) is 64.6 Å². The fourth-order valence-corrected chi connectivity index (χ4v) is 9.42. The van der Waals surface area contributed by atoms with Crippen molar-refractivity contribution in [2.24, 2.45) is 4.99 Å². The molecule has 6 heteroatoms. The molecule has 0 saturated carbocycles. The molecule has 1 aliphatic carbocycles. The van der Waals surface area contributed by atoms with Crippen LogP contribution in [-0.2, 0) is 6.42 Å². The Labute approximate surface area is 298 Å². The first-order valence-corrected chi connectivity index (χ1v) is 18.4. The predicted molar refractivity (Wildman–Crippen MR) is 213 cm³/mol. The summed E-state index contributed by atoms with van der Waals surface area (Å²) in [5.41, 5.74) is 9.60. The molecule has 0 bridgehead atoms. The van der Waals surface area contributed by atoms with E-state index in [4.69, 9.17) is 4.99 Å². The minimum Gasteiger partial charge on any atom is -0.312 e. The summed E-state index contributed by atoms with van der Waals surface area (Å²) in [4.78, 5) is 9.17. The third-order valence-corrected chi connectivity index (χ3v) is 11.6. The molecule has 9 aromatic rings. The van der Waals surface area contributed by atoms with E-state index in [1.807, 2.05) is 11.3 Å². The first-order chi connectivity index (χ1) is 25.3. The summed E-state index contributed by atoms with van der Waals surface area (Å²) in [5, 5.41) is 10.1. The van der Waals surface area contributed by atoms with Crippen molar-refractivity contribution >= 4 is 82.1 Å². The van der Waals surface area contributed by atoms with Gasteiger partial charge in [0.2, 0.25) is 0 Å². The van der Waals surface area contributed by atoms with E-state index in [1.165, 1.54) is 58.8 Å². The van der Waals surface area contributed by atoms with Crippen LogP contribution in [0.3, 0.4) is 0 Å². The Balaban J connectivity index is 1.18. The Morgan fingerprint density at radius 3 is 2.29 bits per heavy atom. The quantitative estimate of drug-likeness (QED) is 0.193. The van der Waals surface area contributed by atoms with Crippen LogP contribution < -0.4 is 10.3 Å². The topological polar surface area (TPSA) is 48.2 Å². The van der Waals surface area contributed by atoms with Crippen molar-refractivity contribution in [3.8, 4) is 5.69 Å². The third-order valence-electron chi connectivity index (χ3n) is 10.5. The molecule has 1 aliphatic heterocycles. The summed E-state index contributed by atoms with van der Waals surface area (Å²) in [7, 11) is 0. The number of nitrogens with one attached hydrogen (secondary N) is 2. The predicted octanol–water partition coefficient (Wildman–Crippen LogP) is 9.10. The van der Waals surface area contributed by atoms with Gasteiger partial charge in [0.15, 0.2) is 12.0 Å². The van der Waals surface area contributed by atoms with Gasteiger partial charge in [0.1, 0.15) is 11.0 Å². The molecule has 5 nitrogen and oxygen atoms in total. The molecule has 1 unspecified atom stereocenters. The van der Waals surface area contributed by atoms with E-state index in [-0.39, 0.29) is 6.17 Å². The number of allylic oxidation sites excluding steroid dienone is 1. The van der Waals surface area contributed by atoms with E-state index in [2.05, 4.69) is 171 Å². The van der Waals surface area contributed by atoms with Gasteiger partial charge in [0, 0.05) is 64.4 Å². The van der Waals surface area contributed by atoms with E-state index >= 15 is 0 Å². The average Bonchev–Trinajstić information content (AvgIpc) is 3.86. The van der Waals surface area contributed by atoms with Crippen molar-refractivity contribution in [1.29, 1.82) is 0 Å². The highest BCUT2D eigenvalue weighted by Crippen LogP contribution is 2.42. The van der Waals surface area contributed by atoms with Crippen molar-refractivity contribution in [3.63, 3.8) is 0 Å². The largest absolute Gasteiger partial charge is 0.364 e. The lowest BCUT2D eigenvalue weighted by molar-refractivity contribution is -0.513. The fourth-order valence-electron chi connectivity index (χ4n) is 8.26. The molecule has 11 rings (SSSR count). The zero-order valence-electron chi connectivity index (χ0n) is 27.7. The molecule has 0 fully saturated rings. The van der Waals surface area contributed by atoms with Crippen molar-refractivity contribution in [3.05, 3.63) is 168 Å². The maximum absolute atomic E-state index is 5.30. The molecule has 6 aromatic carbocycles. The van der Waals surface area contributed by atoms with E-state index in [0.29, 0.717) is 0 Å². The summed E-state index contributed by atoms with van der Waals surface area (Å²) in [5.74, 6) is 1.73. The lowest BCUT2D eigenvalue weighted by Gasteiger charge is -2.18. The van der Waals surface area contributed by atoms with Crippen LogP contribution in [0.2, 0.25) is 0 Å². The monoisotopic (exact) mass is 674 g/mol. The molecule has 2 N–H and O–H groups in total. The maximum Gasteiger partial charge on any atom is 0.364 e. The lowest BCUT2D eigenvalue weighted by atomic mass is 10.0. The van der Waals surface area contributed by atoms with Gasteiger partial charge in [-0.1, -0.05) is 97.1 Å². The van der Waals surface area contributed by atoms with Crippen LogP contribution in [0.15, 0.2) is 151 Å². The molecule has 2 aliphatic rings. The van der Waals surface area contributed by atoms with Crippen molar-refractivity contribution in [2.45, 2.75) is 19.0 Å². The summed E-state index contributed by atoms with van der Waals surface area (Å²) in [6.07, 6.45) is 6.40. The molecular formula is C45H32N5S+. The third kappa shape index (κ3) is 4.33. The Morgan fingerprint density at radius 1 is 0.667 bits per heavy atom. The number of amidine groups is 1. The van der Waals surface area contributed by atoms with Gasteiger partial charge in [-0.15, -0.1) is 11.3 Å². The van der Waals surface area contributed by atoms with Crippen molar-refractivity contribution in [2.75, 3.05) is 0 Å². The molecule has 51 heavy (non-hydrogen) atoms. The van der Waals surface area contributed by atoms with E-state index in [0.717, 1.165) is 46.8 Å². The number of hydrogen-bond acceptors (Lipinski definition) is 3. The van der Waals surface area contributed by atoms with Crippen LogP contribution in [0.5, 0.6) is 0 Å². The van der Waals surface area contributed by atoms with Crippen LogP contribution in [0.1, 0.15) is 35.0 Å². The smallest absolute Gasteiger partial charge is 0.312 e. The van der Waals surface area contributed by atoms with E-state index in [9.17, 15) is 0 Å². The molecule has 3 aromatic heterocycles. The Kier molecular flexibility index (Phi) is 6.24. The second-order valence-electron chi connectivity index (χ2n) is 13.4. The molecule has 0 spiro atoms. The van der Waals surface area contributed by atoms with Crippen molar-refractivity contribution in [1.82, 2.24) is 14.5 Å². The van der Waals surface area contributed by atoms with Crippen molar-refractivity contribution < 1.29 is 4.99 Å². The fraction of sp³-hybridized carbons (Fsp3) is 0.0667. The van der Waals surface area contributed by atoms with Gasteiger partial charge in [-0.2, -0.15) is 4.57 Å². The molecule has 0 radical (unpaired) electrons. The van der Waals surface area contributed by atoms with Crippen LogP contribution >= 0.6 is 11.3 Å². The zero-order chi connectivity index (χ0) is 33.5. The normalized spacial score (nSPS) is 15.8. The summed E-state index contributed by atoms with van der Waals surface area (Å²) in [6, 6.07) is 50.2. The summed E-state index contributed by atoms with van der Waals surface area (Å²) < 4.78 is 7.45. The second-order valence-corrected chi connectivity index (χ2v) is 14.5. The van der Waals surface area contributed by atoms with Gasteiger partial charge in [-0.05, 0) is 67.4 Å². The van der Waals surface area contributed by atoms with Gasteiger partial charge in [0.25, 0.3) is 0 Å². The average molecular weight is 675 g/mol. The van der Waals surface area contributed by atoms with E-state index in [1.54, 1.807) is 0 Å². The Morgan fingerprint density at radius 2 is 1.41 bits per heavy atom. The number of para-hydroxylation sites is 2. The lowest BCUT2D eigenvalue weighted by Crippen LogP contribution is -2.81. The number of aromatic nitrogens is 2. The minimum atomic E-state index is -0.295. The van der Waals surface area contributed by atoms with Gasteiger partial charge in [-0.3, -0.25) is 4.99 Å². The number of hydrogen-bond donors (Lipinski definition) is 2. The number of benzene rings is 6. The standard InChI is InChI=1S/C45H31N5S/c1-3-13-28(14-4-1)43-46-44(29-23-24-33-32-18-9-12-22-39(32)51-40(33)27-29)48-45(47-43)50-37-21-11-8-19-35(37)41-38(50)26-25-34-31-17-7-10-20-36(31)49(42(34)41)30-15-5-2-6-16-30/h1-9,11-19,21-27,44H,10,20H2,(H,46,47,48)/p+1. The van der Waals surface area contributed by atoms with Gasteiger partial charge >= 0.3 is 5.96 Å². The molecule has 4 heterocycles. The highest BCUT2D eigenvalue weighted by atomic mass is 32.1. The summed E-state index contributed by atoms with van der Waals surface area (Å²) in [6.45, 7) is 0. The first kappa shape index (κ1) is 28.6. The number of rotatable bonds is 3. The van der Waals surface area contributed by atoms with Crippen LogP contribution in [0, 0.1) is 0 Å². The zero-order valence-corrected chi connectivity index (χ0v) is 28.5. The van der Waals surface area contributed by atoms with Gasteiger partial charge in [-0.25, -0.2) is 10.3 Å². The molecule has 242 valence electrons. The molecular weight excluding hydrogens is 643 g/mol. The Hall–Kier alpha value is -6.24. The van der Waals surface area contributed by atoms with Gasteiger partial charge in [0.05, 0.1) is 5.52 Å². The highest BCUT2D eigenvalue weighted by molar-refractivity contribution is 7.25. The van der Waals surface area contributed by atoms with E-state index < -0.39 is 0 Å². The van der Waals surface area contributed by atoms with Crippen LogP contribution in [0.4, 0.5) is 0 Å². The number of fused-ring (bicyclic) bond motifs is 10. The molecule has 1 atom stereocenters. The molecule has 0 saturated heterocycles. The SMILES string of the molecule is C1=Cc2c(n(-c3ccccc3)c3c2ccc2c3c3ccccc3n2C2=[NH+]C(c3ccc4c(c3)sc3ccccc34)N=C(c3ccccc3)N2)CC1. The highest BCUT2D eigenvalue weighted by Gasteiger charge is 2.31. The first-order valence-electron chi connectivity index (χ1n) is 17.6. The maximum atomic E-state index is 5.30. The summed E-state index contributed by atoms with van der Waals surface area (Å²) >= 11 is 1.84. The number of thiophene rings is 1. The van der Waals surface area contributed by atoms with Crippen LogP contribution in [-0.4, -0.2) is 20.9 Å².